The van der Waals surface area contributed by atoms with Gasteiger partial charge in [-0.05, 0) is 24.7 Å². The molecule has 9 heteroatoms. The van der Waals surface area contributed by atoms with Crippen LogP contribution in [-0.4, -0.2) is 57.5 Å². The van der Waals surface area contributed by atoms with Crippen LogP contribution in [0, 0.1) is 5.41 Å². The predicted molar refractivity (Wildman–Crippen MR) is 88.2 cm³/mol. The summed E-state index contributed by atoms with van der Waals surface area (Å²) in [5.41, 5.74) is 11.2. The minimum absolute atomic E-state index is 0.139. The van der Waals surface area contributed by atoms with Gasteiger partial charge in [0.05, 0.1) is 0 Å². The van der Waals surface area contributed by atoms with Crippen LogP contribution < -0.4 is 16.4 Å². The largest absolute Gasteiger partial charge is 0.480 e. The number of piperidine rings is 1. The molecule has 24 heavy (non-hydrogen) atoms. The van der Waals surface area contributed by atoms with Crippen molar-refractivity contribution in [1.29, 1.82) is 0 Å². The Morgan fingerprint density at radius 3 is 2.46 bits per heavy atom. The van der Waals surface area contributed by atoms with Gasteiger partial charge in [-0.1, -0.05) is 0 Å². The first-order chi connectivity index (χ1) is 11.3. The summed E-state index contributed by atoms with van der Waals surface area (Å²) in [6, 6.07) is 0.963. The van der Waals surface area contributed by atoms with Crippen LogP contribution in [0.15, 0.2) is 6.07 Å². The van der Waals surface area contributed by atoms with Crippen molar-refractivity contribution in [2.75, 3.05) is 36.0 Å². The highest BCUT2D eigenvalue weighted by atomic mass is 16.4. The summed E-state index contributed by atoms with van der Waals surface area (Å²) in [5.74, 6) is 0.0390. The summed E-state index contributed by atoms with van der Waals surface area (Å²) in [4.78, 5) is 34.8. The first-order valence-corrected chi connectivity index (χ1v) is 7.95. The number of anilines is 3. The maximum absolute atomic E-state index is 11.8. The highest BCUT2D eigenvalue weighted by Crippen LogP contribution is 2.44. The Balaban J connectivity index is 1.72. The minimum Gasteiger partial charge on any atom is -0.480 e. The molecule has 5 N–H and O–H groups in total. The Hall–Kier alpha value is -2.58. The second kappa shape index (κ2) is 5.81. The molecule has 1 aromatic heterocycles. The molecule has 2 saturated heterocycles. The lowest BCUT2D eigenvalue weighted by Gasteiger charge is -2.39. The Morgan fingerprint density at radius 1 is 1.29 bits per heavy atom. The van der Waals surface area contributed by atoms with Crippen LogP contribution in [0.2, 0.25) is 0 Å². The maximum atomic E-state index is 11.8. The number of carbonyl (C=O) groups excluding carboxylic acids is 1. The lowest BCUT2D eigenvalue weighted by Crippen LogP contribution is -2.42. The van der Waals surface area contributed by atoms with E-state index in [4.69, 9.17) is 11.5 Å². The van der Waals surface area contributed by atoms with Crippen molar-refractivity contribution in [3.8, 4) is 0 Å². The van der Waals surface area contributed by atoms with Crippen LogP contribution >= 0.6 is 0 Å². The van der Waals surface area contributed by atoms with Gasteiger partial charge in [0, 0.05) is 32.6 Å². The van der Waals surface area contributed by atoms with Crippen LogP contribution in [0.5, 0.6) is 0 Å². The molecule has 0 bridgehead atoms. The van der Waals surface area contributed by atoms with Crippen molar-refractivity contribution in [1.82, 2.24) is 14.9 Å². The number of amides is 1. The highest BCUT2D eigenvalue weighted by Gasteiger charge is 2.49. The van der Waals surface area contributed by atoms with Crippen molar-refractivity contribution in [2.24, 2.45) is 5.41 Å². The molecule has 2 aliphatic rings. The summed E-state index contributed by atoms with van der Waals surface area (Å²) in [5, 5.41) is 9.39. The Labute approximate surface area is 139 Å². The van der Waals surface area contributed by atoms with Crippen LogP contribution in [0.1, 0.15) is 26.2 Å². The van der Waals surface area contributed by atoms with Crippen LogP contribution in [-0.2, 0) is 9.59 Å². The topological polar surface area (TPSA) is 139 Å². The molecule has 1 atom stereocenters. The molecule has 1 spiro atoms. The lowest BCUT2D eigenvalue weighted by molar-refractivity contribution is -0.147. The zero-order valence-electron chi connectivity index (χ0n) is 13.6. The molecule has 0 aliphatic carbocycles. The van der Waals surface area contributed by atoms with Gasteiger partial charge < -0.3 is 26.4 Å². The number of likely N-dealkylation sites (tertiary alicyclic amines) is 1. The van der Waals surface area contributed by atoms with E-state index >= 15 is 0 Å². The Bertz CT molecular complexity index is 627. The summed E-state index contributed by atoms with van der Waals surface area (Å²) >= 11 is 0. The second-order valence-corrected chi connectivity index (χ2v) is 6.70. The van der Waals surface area contributed by atoms with Gasteiger partial charge in [-0.15, -0.1) is 0 Å². The highest BCUT2D eigenvalue weighted by molar-refractivity contribution is 5.83. The van der Waals surface area contributed by atoms with Crippen molar-refractivity contribution in [3.63, 3.8) is 0 Å². The normalized spacial score (nSPS) is 22.8. The van der Waals surface area contributed by atoms with Crippen molar-refractivity contribution in [2.45, 2.75) is 32.2 Å². The molecule has 1 amide bonds. The van der Waals surface area contributed by atoms with Crippen molar-refractivity contribution in [3.05, 3.63) is 6.07 Å². The monoisotopic (exact) mass is 334 g/mol. The average Bonchev–Trinajstić information content (AvgIpc) is 2.87. The smallest absolute Gasteiger partial charge is 0.326 e. The number of nitrogen functional groups attached to an aromatic ring is 2. The van der Waals surface area contributed by atoms with Gasteiger partial charge >= 0.3 is 5.97 Å². The van der Waals surface area contributed by atoms with E-state index < -0.39 is 12.0 Å². The summed E-state index contributed by atoms with van der Waals surface area (Å²) < 4.78 is 0. The average molecular weight is 334 g/mol. The van der Waals surface area contributed by atoms with Crippen LogP contribution in [0.4, 0.5) is 17.6 Å². The fourth-order valence-corrected chi connectivity index (χ4v) is 3.81. The van der Waals surface area contributed by atoms with E-state index in [1.165, 1.54) is 11.8 Å². The minimum atomic E-state index is -0.930. The second-order valence-electron chi connectivity index (χ2n) is 6.70. The van der Waals surface area contributed by atoms with E-state index in [1.807, 2.05) is 0 Å². The van der Waals surface area contributed by atoms with Gasteiger partial charge in [0.2, 0.25) is 11.9 Å². The SMILES string of the molecule is CC(=O)N1CC2(CCN(c3cc(N)nc(N)n3)CC2)C[C@H]1C(=O)O. The standard InChI is InChI=1S/C15H22N6O3/c1-9(22)21-8-15(7-10(21)13(23)24)2-4-20(5-3-15)12-6-11(16)18-14(17)19-12/h6,10H,2-5,7-8H2,1H3,(H,23,24)(H4,16,17,18,19)/t10-/m0/s1. The number of carboxylic acid groups (broad SMARTS) is 1. The molecule has 2 aliphatic heterocycles. The number of rotatable bonds is 2. The molecule has 130 valence electrons. The van der Waals surface area contributed by atoms with Gasteiger partial charge in [-0.3, -0.25) is 4.79 Å². The molecule has 9 nitrogen and oxygen atoms in total. The van der Waals surface area contributed by atoms with Gasteiger partial charge in [0.25, 0.3) is 0 Å². The summed E-state index contributed by atoms with van der Waals surface area (Å²) in [7, 11) is 0. The Kier molecular flexibility index (Phi) is 3.94. The third-order valence-electron chi connectivity index (χ3n) is 5.10. The van der Waals surface area contributed by atoms with Crippen molar-refractivity contribution < 1.29 is 14.7 Å². The van der Waals surface area contributed by atoms with Crippen LogP contribution in [0.25, 0.3) is 0 Å². The van der Waals surface area contributed by atoms with Gasteiger partial charge in [0.1, 0.15) is 17.7 Å². The molecular formula is C15H22N6O3. The van der Waals surface area contributed by atoms with E-state index in [9.17, 15) is 14.7 Å². The van der Waals surface area contributed by atoms with E-state index in [-0.39, 0.29) is 17.3 Å². The zero-order chi connectivity index (χ0) is 17.5. The molecule has 0 radical (unpaired) electrons. The number of hydrogen-bond donors (Lipinski definition) is 3. The predicted octanol–water partition coefficient (Wildman–Crippen LogP) is -0.0670. The molecule has 2 fully saturated rings. The van der Waals surface area contributed by atoms with E-state index in [1.54, 1.807) is 6.07 Å². The molecule has 0 unspecified atom stereocenters. The van der Waals surface area contributed by atoms with Crippen molar-refractivity contribution >= 4 is 29.5 Å². The fraction of sp³-hybridized carbons (Fsp3) is 0.600. The molecule has 3 heterocycles. The molecule has 3 rings (SSSR count). The third-order valence-corrected chi connectivity index (χ3v) is 5.10. The number of aliphatic carboxylic acids is 1. The number of nitrogens with two attached hydrogens (primary N) is 2. The van der Waals surface area contributed by atoms with E-state index in [0.717, 1.165) is 12.8 Å². The van der Waals surface area contributed by atoms with E-state index in [0.29, 0.717) is 37.7 Å². The van der Waals surface area contributed by atoms with Crippen LogP contribution in [0.3, 0.4) is 0 Å². The number of nitrogens with zero attached hydrogens (tertiary/aromatic N) is 4. The first-order valence-electron chi connectivity index (χ1n) is 7.95. The number of carboxylic acids is 1. The third kappa shape index (κ3) is 2.93. The summed E-state index contributed by atoms with van der Waals surface area (Å²) in [6.07, 6.45) is 2.10. The van der Waals surface area contributed by atoms with Gasteiger partial charge in [0.15, 0.2) is 0 Å². The number of hydrogen-bond acceptors (Lipinski definition) is 7. The van der Waals surface area contributed by atoms with Gasteiger partial charge in [-0.2, -0.15) is 9.97 Å². The molecular weight excluding hydrogens is 312 g/mol. The molecule has 0 aromatic carbocycles. The Morgan fingerprint density at radius 2 is 1.96 bits per heavy atom. The number of aromatic nitrogens is 2. The first kappa shape index (κ1) is 16.3. The summed E-state index contributed by atoms with van der Waals surface area (Å²) in [6.45, 7) is 3.36. The van der Waals surface area contributed by atoms with Gasteiger partial charge in [-0.25, -0.2) is 4.79 Å². The fourth-order valence-electron chi connectivity index (χ4n) is 3.81. The lowest BCUT2D eigenvalue weighted by atomic mass is 9.76. The maximum Gasteiger partial charge on any atom is 0.326 e. The quantitative estimate of drug-likeness (QED) is 0.683. The zero-order valence-corrected chi connectivity index (χ0v) is 13.6. The number of carbonyl (C=O) groups is 2. The molecule has 1 aromatic rings. The molecule has 0 saturated carbocycles. The van der Waals surface area contributed by atoms with E-state index in [2.05, 4.69) is 14.9 Å².